The Morgan fingerprint density at radius 3 is 2.45 bits per heavy atom. The lowest BCUT2D eigenvalue weighted by Gasteiger charge is -1.97. The van der Waals surface area contributed by atoms with Crippen LogP contribution in [0.5, 0.6) is 0 Å². The van der Waals surface area contributed by atoms with E-state index in [4.69, 9.17) is 0 Å². The SMILES string of the molecule is Cc1cccc(C=CC(=O)c2ccc([N+](=O)[O-])cc2)c1. The number of ketones is 1. The Morgan fingerprint density at radius 1 is 1.15 bits per heavy atom. The number of benzene rings is 2. The van der Waals surface area contributed by atoms with Crippen LogP contribution in [0.25, 0.3) is 6.08 Å². The highest BCUT2D eigenvalue weighted by Gasteiger charge is 2.07. The van der Waals surface area contributed by atoms with Crippen molar-refractivity contribution in [3.8, 4) is 0 Å². The van der Waals surface area contributed by atoms with Gasteiger partial charge in [0.05, 0.1) is 4.92 Å². The standard InChI is InChI=1S/C16H13NO3/c1-12-3-2-4-13(11-12)5-10-16(18)14-6-8-15(9-7-14)17(19)20/h2-11H,1H3. The Hall–Kier alpha value is -2.75. The first-order valence-electron chi connectivity index (χ1n) is 6.10. The highest BCUT2D eigenvalue weighted by atomic mass is 16.6. The molecule has 0 saturated carbocycles. The maximum atomic E-state index is 11.9. The van der Waals surface area contributed by atoms with Crippen LogP contribution in [0.3, 0.4) is 0 Å². The number of allylic oxidation sites excluding steroid dienone is 1. The number of hydrogen-bond acceptors (Lipinski definition) is 3. The van der Waals surface area contributed by atoms with Gasteiger partial charge in [0.1, 0.15) is 0 Å². The predicted octanol–water partition coefficient (Wildman–Crippen LogP) is 3.80. The van der Waals surface area contributed by atoms with Crippen molar-refractivity contribution in [3.05, 3.63) is 81.4 Å². The molecule has 0 unspecified atom stereocenters. The van der Waals surface area contributed by atoms with Gasteiger partial charge in [-0.15, -0.1) is 0 Å². The van der Waals surface area contributed by atoms with Crippen LogP contribution < -0.4 is 0 Å². The summed E-state index contributed by atoms with van der Waals surface area (Å²) in [6, 6.07) is 13.4. The molecule has 0 aliphatic heterocycles. The van der Waals surface area contributed by atoms with E-state index in [1.807, 2.05) is 31.2 Å². The van der Waals surface area contributed by atoms with Crippen LogP contribution in [-0.2, 0) is 0 Å². The Labute approximate surface area is 116 Å². The summed E-state index contributed by atoms with van der Waals surface area (Å²) >= 11 is 0. The summed E-state index contributed by atoms with van der Waals surface area (Å²) in [5.74, 6) is -0.179. The van der Waals surface area contributed by atoms with Crippen molar-refractivity contribution in [1.82, 2.24) is 0 Å². The third-order valence-corrected chi connectivity index (χ3v) is 2.83. The largest absolute Gasteiger partial charge is 0.289 e. The quantitative estimate of drug-likeness (QED) is 0.366. The molecule has 0 saturated heterocycles. The van der Waals surface area contributed by atoms with Crippen LogP contribution in [0.1, 0.15) is 21.5 Å². The highest BCUT2D eigenvalue weighted by molar-refractivity contribution is 6.06. The smallest absolute Gasteiger partial charge is 0.269 e. The number of aryl methyl sites for hydroxylation is 1. The molecule has 2 aromatic rings. The van der Waals surface area contributed by atoms with Crippen LogP contribution in [0.15, 0.2) is 54.6 Å². The van der Waals surface area contributed by atoms with Gasteiger partial charge in [-0.1, -0.05) is 35.9 Å². The molecule has 0 atom stereocenters. The lowest BCUT2D eigenvalue weighted by molar-refractivity contribution is -0.384. The van der Waals surface area contributed by atoms with Gasteiger partial charge in [-0.05, 0) is 30.7 Å². The predicted molar refractivity (Wildman–Crippen MR) is 77.6 cm³/mol. The fraction of sp³-hybridized carbons (Fsp3) is 0.0625. The van der Waals surface area contributed by atoms with Gasteiger partial charge in [-0.2, -0.15) is 0 Å². The number of carbonyl (C=O) groups excluding carboxylic acids is 1. The number of non-ortho nitro benzene ring substituents is 1. The summed E-state index contributed by atoms with van der Waals surface area (Å²) in [4.78, 5) is 22.0. The van der Waals surface area contributed by atoms with E-state index in [1.54, 1.807) is 6.08 Å². The lowest BCUT2D eigenvalue weighted by atomic mass is 10.1. The minimum Gasteiger partial charge on any atom is -0.289 e. The van der Waals surface area contributed by atoms with Gasteiger partial charge in [-0.25, -0.2) is 0 Å². The number of nitro benzene ring substituents is 1. The summed E-state index contributed by atoms with van der Waals surface area (Å²) in [6.45, 7) is 1.98. The van der Waals surface area contributed by atoms with Crippen molar-refractivity contribution in [2.24, 2.45) is 0 Å². The Bertz CT molecular complexity index is 672. The minimum atomic E-state index is -0.489. The topological polar surface area (TPSA) is 60.2 Å². The van der Waals surface area contributed by atoms with Crippen LogP contribution in [0.2, 0.25) is 0 Å². The van der Waals surface area contributed by atoms with Crippen LogP contribution in [0, 0.1) is 17.0 Å². The van der Waals surface area contributed by atoms with Crippen molar-refractivity contribution in [2.75, 3.05) is 0 Å². The molecule has 2 rings (SSSR count). The Balaban J connectivity index is 2.13. The summed E-state index contributed by atoms with van der Waals surface area (Å²) in [6.07, 6.45) is 3.20. The van der Waals surface area contributed by atoms with E-state index in [9.17, 15) is 14.9 Å². The van der Waals surface area contributed by atoms with Crippen molar-refractivity contribution < 1.29 is 9.72 Å². The molecule has 4 heteroatoms. The number of hydrogen-bond donors (Lipinski definition) is 0. The first kappa shape index (κ1) is 13.7. The first-order chi connectivity index (χ1) is 9.56. The van der Waals surface area contributed by atoms with E-state index in [-0.39, 0.29) is 11.5 Å². The van der Waals surface area contributed by atoms with E-state index in [0.717, 1.165) is 11.1 Å². The fourth-order valence-corrected chi connectivity index (χ4v) is 1.79. The summed E-state index contributed by atoms with van der Waals surface area (Å²) in [7, 11) is 0. The molecule has 0 aromatic heterocycles. The molecular formula is C16H13NO3. The Morgan fingerprint density at radius 2 is 1.85 bits per heavy atom. The summed E-state index contributed by atoms with van der Waals surface area (Å²) in [5.41, 5.74) is 2.47. The molecule has 4 nitrogen and oxygen atoms in total. The summed E-state index contributed by atoms with van der Waals surface area (Å²) in [5, 5.41) is 10.5. The Kier molecular flexibility index (Phi) is 4.05. The molecule has 0 aliphatic rings. The molecule has 0 bridgehead atoms. The molecule has 2 aromatic carbocycles. The van der Waals surface area contributed by atoms with Crippen molar-refractivity contribution >= 4 is 17.5 Å². The summed E-state index contributed by atoms with van der Waals surface area (Å²) < 4.78 is 0. The molecule has 0 spiro atoms. The average molecular weight is 267 g/mol. The highest BCUT2D eigenvalue weighted by Crippen LogP contribution is 2.13. The number of carbonyl (C=O) groups is 1. The second kappa shape index (κ2) is 5.93. The molecular weight excluding hydrogens is 254 g/mol. The van der Waals surface area contributed by atoms with Gasteiger partial charge in [0, 0.05) is 17.7 Å². The normalized spacial score (nSPS) is 10.7. The van der Waals surface area contributed by atoms with E-state index < -0.39 is 4.92 Å². The van der Waals surface area contributed by atoms with E-state index in [1.165, 1.54) is 30.3 Å². The lowest BCUT2D eigenvalue weighted by Crippen LogP contribution is -1.95. The molecule has 0 fully saturated rings. The van der Waals surface area contributed by atoms with Crippen molar-refractivity contribution in [2.45, 2.75) is 6.92 Å². The third-order valence-electron chi connectivity index (χ3n) is 2.83. The number of nitrogens with zero attached hydrogens (tertiary/aromatic N) is 1. The van der Waals surface area contributed by atoms with Gasteiger partial charge in [-0.3, -0.25) is 14.9 Å². The number of nitro groups is 1. The van der Waals surface area contributed by atoms with E-state index in [2.05, 4.69) is 0 Å². The number of rotatable bonds is 4. The molecule has 100 valence electrons. The molecule has 0 N–H and O–H groups in total. The monoisotopic (exact) mass is 267 g/mol. The van der Waals surface area contributed by atoms with Crippen molar-refractivity contribution in [1.29, 1.82) is 0 Å². The average Bonchev–Trinajstić information content (AvgIpc) is 2.45. The maximum Gasteiger partial charge on any atom is 0.269 e. The molecule has 0 heterocycles. The molecule has 0 amide bonds. The zero-order chi connectivity index (χ0) is 14.5. The maximum absolute atomic E-state index is 11.9. The van der Waals surface area contributed by atoms with Crippen LogP contribution in [-0.4, -0.2) is 10.7 Å². The van der Waals surface area contributed by atoms with Gasteiger partial charge in [0.25, 0.3) is 5.69 Å². The van der Waals surface area contributed by atoms with E-state index in [0.29, 0.717) is 5.56 Å². The van der Waals surface area contributed by atoms with Gasteiger partial charge >= 0.3 is 0 Å². The van der Waals surface area contributed by atoms with Crippen LogP contribution >= 0.6 is 0 Å². The second-order valence-corrected chi connectivity index (χ2v) is 4.42. The molecule has 0 aliphatic carbocycles. The molecule has 0 radical (unpaired) electrons. The van der Waals surface area contributed by atoms with Gasteiger partial charge in [0.15, 0.2) is 5.78 Å². The van der Waals surface area contributed by atoms with Crippen LogP contribution in [0.4, 0.5) is 5.69 Å². The minimum absolute atomic E-state index is 0.0239. The second-order valence-electron chi connectivity index (χ2n) is 4.42. The third kappa shape index (κ3) is 3.38. The van der Waals surface area contributed by atoms with Crippen molar-refractivity contribution in [3.63, 3.8) is 0 Å². The fourth-order valence-electron chi connectivity index (χ4n) is 1.79. The van der Waals surface area contributed by atoms with Gasteiger partial charge < -0.3 is 0 Å². The zero-order valence-electron chi connectivity index (χ0n) is 10.9. The first-order valence-corrected chi connectivity index (χ1v) is 6.10. The zero-order valence-corrected chi connectivity index (χ0v) is 10.9. The van der Waals surface area contributed by atoms with Gasteiger partial charge in [0.2, 0.25) is 0 Å². The van der Waals surface area contributed by atoms with E-state index >= 15 is 0 Å². The molecule has 20 heavy (non-hydrogen) atoms.